The Morgan fingerprint density at radius 3 is 1.50 bits per heavy atom. The number of hydrogen-bond acceptors (Lipinski definition) is 0. The quantitative estimate of drug-likeness (QED) is 0.493. The van der Waals surface area contributed by atoms with E-state index in [4.69, 9.17) is 0 Å². The van der Waals surface area contributed by atoms with Gasteiger partial charge in [-0.15, -0.1) is 0 Å². The highest BCUT2D eigenvalue weighted by molar-refractivity contribution is 4.98. The van der Waals surface area contributed by atoms with Crippen molar-refractivity contribution in [2.24, 2.45) is 5.41 Å². The molecule has 0 radical (unpaired) electrons. The van der Waals surface area contributed by atoms with Gasteiger partial charge in [0.1, 0.15) is 0 Å². The highest BCUT2D eigenvalue weighted by Gasteiger charge is 2.49. The maximum Gasteiger partial charge on any atom is 0.248 e. The fourth-order valence-corrected chi connectivity index (χ4v) is 1.82. The summed E-state index contributed by atoms with van der Waals surface area (Å²) in [5, 5.41) is 0. The molecule has 0 aromatic rings. The van der Waals surface area contributed by atoms with E-state index in [-0.39, 0.29) is 12.8 Å². The molecule has 0 aromatic carbocycles. The number of alkyl halides is 2. The normalized spacial score (nSPS) is 34.2. The Kier molecular flexibility index (Phi) is 1.13. The van der Waals surface area contributed by atoms with E-state index in [2.05, 4.69) is 0 Å². The first kappa shape index (κ1) is 6.56. The van der Waals surface area contributed by atoms with Crippen LogP contribution in [0.25, 0.3) is 0 Å². The fourth-order valence-electron chi connectivity index (χ4n) is 1.82. The Morgan fingerprint density at radius 1 is 0.700 bits per heavy atom. The van der Waals surface area contributed by atoms with E-state index < -0.39 is 5.92 Å². The molecular weight excluding hydrogens is 134 g/mol. The first-order chi connectivity index (χ1) is 4.62. The molecule has 10 heavy (non-hydrogen) atoms. The Bertz CT molecular complexity index is 129. The van der Waals surface area contributed by atoms with E-state index in [1.165, 1.54) is 12.8 Å². The van der Waals surface area contributed by atoms with Crippen molar-refractivity contribution >= 4 is 0 Å². The molecule has 0 N–H and O–H groups in total. The van der Waals surface area contributed by atoms with Crippen LogP contribution in [0.15, 0.2) is 0 Å². The number of rotatable bonds is 0. The molecule has 0 unspecified atom stereocenters. The van der Waals surface area contributed by atoms with Gasteiger partial charge < -0.3 is 0 Å². The van der Waals surface area contributed by atoms with Crippen LogP contribution in [-0.4, -0.2) is 5.92 Å². The summed E-state index contributed by atoms with van der Waals surface area (Å²) in [6.45, 7) is 0. The monoisotopic (exact) mass is 146 g/mol. The van der Waals surface area contributed by atoms with Crippen molar-refractivity contribution in [2.45, 2.75) is 44.4 Å². The number of hydrogen-bond donors (Lipinski definition) is 0. The van der Waals surface area contributed by atoms with Gasteiger partial charge in [0.15, 0.2) is 0 Å². The van der Waals surface area contributed by atoms with Crippen LogP contribution in [0.2, 0.25) is 0 Å². The van der Waals surface area contributed by atoms with Gasteiger partial charge in [-0.05, 0) is 31.1 Å². The standard InChI is InChI=1S/C8H12F2/c9-8(10)5-3-7(1-2-7)4-6-8/h1-6H2. The van der Waals surface area contributed by atoms with Crippen molar-refractivity contribution in [3.8, 4) is 0 Å². The Labute approximate surface area is 59.6 Å². The van der Waals surface area contributed by atoms with Gasteiger partial charge in [-0.25, -0.2) is 8.78 Å². The maximum atomic E-state index is 12.6. The highest BCUT2D eigenvalue weighted by atomic mass is 19.3. The lowest BCUT2D eigenvalue weighted by Gasteiger charge is -2.27. The van der Waals surface area contributed by atoms with Crippen molar-refractivity contribution in [1.29, 1.82) is 0 Å². The minimum absolute atomic E-state index is 0.146. The molecule has 58 valence electrons. The summed E-state index contributed by atoms with van der Waals surface area (Å²) in [5.74, 6) is -2.33. The lowest BCUT2D eigenvalue weighted by molar-refractivity contribution is -0.0496. The molecule has 0 amide bonds. The average molecular weight is 146 g/mol. The molecule has 0 aliphatic heterocycles. The maximum absolute atomic E-state index is 12.6. The van der Waals surface area contributed by atoms with Crippen molar-refractivity contribution < 1.29 is 8.78 Å². The number of halogens is 2. The third kappa shape index (κ3) is 1.04. The van der Waals surface area contributed by atoms with E-state index in [0.717, 1.165) is 12.8 Å². The molecule has 2 rings (SSSR count). The highest BCUT2D eigenvalue weighted by Crippen LogP contribution is 2.58. The van der Waals surface area contributed by atoms with Crippen molar-refractivity contribution in [1.82, 2.24) is 0 Å². The van der Waals surface area contributed by atoms with Crippen LogP contribution in [0.4, 0.5) is 8.78 Å². The third-order valence-electron chi connectivity index (χ3n) is 3.00. The fraction of sp³-hybridized carbons (Fsp3) is 1.00. The van der Waals surface area contributed by atoms with Gasteiger partial charge in [-0.1, -0.05) is 0 Å². The molecule has 0 heterocycles. The molecule has 2 heteroatoms. The van der Waals surface area contributed by atoms with Crippen molar-refractivity contribution in [2.75, 3.05) is 0 Å². The topological polar surface area (TPSA) is 0 Å². The second kappa shape index (κ2) is 1.72. The molecule has 0 atom stereocenters. The summed E-state index contributed by atoms with van der Waals surface area (Å²) in [6.07, 6.45) is 4.27. The van der Waals surface area contributed by atoms with Crippen molar-refractivity contribution in [3.05, 3.63) is 0 Å². The minimum Gasteiger partial charge on any atom is -0.207 e. The largest absolute Gasteiger partial charge is 0.248 e. The Hall–Kier alpha value is -0.140. The van der Waals surface area contributed by atoms with E-state index >= 15 is 0 Å². The zero-order valence-electron chi connectivity index (χ0n) is 6.00. The summed E-state index contributed by atoms with van der Waals surface area (Å²) in [6, 6.07) is 0. The molecule has 2 aliphatic rings. The van der Waals surface area contributed by atoms with E-state index in [1.807, 2.05) is 0 Å². The second-order valence-electron chi connectivity index (χ2n) is 3.86. The lowest BCUT2D eigenvalue weighted by atomic mass is 9.84. The second-order valence-corrected chi connectivity index (χ2v) is 3.86. The van der Waals surface area contributed by atoms with Gasteiger partial charge in [0.05, 0.1) is 0 Å². The van der Waals surface area contributed by atoms with Crippen LogP contribution in [0.1, 0.15) is 38.5 Å². The Balaban J connectivity index is 1.95. The predicted molar refractivity (Wildman–Crippen MR) is 35.1 cm³/mol. The van der Waals surface area contributed by atoms with E-state index in [0.29, 0.717) is 5.41 Å². The molecular formula is C8H12F2. The molecule has 0 bridgehead atoms. The molecule has 0 aromatic heterocycles. The van der Waals surface area contributed by atoms with Crippen LogP contribution in [-0.2, 0) is 0 Å². The van der Waals surface area contributed by atoms with E-state index in [1.54, 1.807) is 0 Å². The molecule has 2 aliphatic carbocycles. The summed E-state index contributed by atoms with van der Waals surface area (Å²) in [5.41, 5.74) is 0.404. The minimum atomic E-state index is -2.33. The van der Waals surface area contributed by atoms with Gasteiger partial charge >= 0.3 is 0 Å². The molecule has 2 fully saturated rings. The first-order valence-corrected chi connectivity index (χ1v) is 4.00. The average Bonchev–Trinajstić information content (AvgIpc) is 2.60. The lowest BCUT2D eigenvalue weighted by Crippen LogP contribution is -2.25. The van der Waals surface area contributed by atoms with Crippen LogP contribution in [0, 0.1) is 5.41 Å². The first-order valence-electron chi connectivity index (χ1n) is 4.00. The molecule has 0 nitrogen and oxygen atoms in total. The summed E-state index contributed by atoms with van der Waals surface area (Å²) in [4.78, 5) is 0. The van der Waals surface area contributed by atoms with Gasteiger partial charge in [0, 0.05) is 12.8 Å². The molecule has 1 spiro atoms. The van der Waals surface area contributed by atoms with Gasteiger partial charge in [0.2, 0.25) is 5.92 Å². The summed E-state index contributed by atoms with van der Waals surface area (Å²) >= 11 is 0. The van der Waals surface area contributed by atoms with Crippen LogP contribution in [0.3, 0.4) is 0 Å². The van der Waals surface area contributed by atoms with Crippen LogP contribution >= 0.6 is 0 Å². The van der Waals surface area contributed by atoms with Crippen LogP contribution in [0.5, 0.6) is 0 Å². The van der Waals surface area contributed by atoms with Gasteiger partial charge in [0.25, 0.3) is 0 Å². The molecule has 0 saturated heterocycles. The van der Waals surface area contributed by atoms with Crippen molar-refractivity contribution in [3.63, 3.8) is 0 Å². The van der Waals surface area contributed by atoms with Gasteiger partial charge in [-0.3, -0.25) is 0 Å². The zero-order chi connectivity index (χ0) is 7.24. The van der Waals surface area contributed by atoms with Crippen LogP contribution < -0.4 is 0 Å². The smallest absolute Gasteiger partial charge is 0.207 e. The molecule has 2 saturated carbocycles. The zero-order valence-corrected chi connectivity index (χ0v) is 6.00. The summed E-state index contributed by atoms with van der Waals surface area (Å²) < 4.78 is 25.2. The predicted octanol–water partition coefficient (Wildman–Crippen LogP) is 2.98. The summed E-state index contributed by atoms with van der Waals surface area (Å²) in [7, 11) is 0. The third-order valence-corrected chi connectivity index (χ3v) is 3.00. The van der Waals surface area contributed by atoms with E-state index in [9.17, 15) is 8.78 Å². The van der Waals surface area contributed by atoms with Gasteiger partial charge in [-0.2, -0.15) is 0 Å². The SMILES string of the molecule is FC1(F)CCC2(CC1)CC2. The Morgan fingerprint density at radius 2 is 1.10 bits per heavy atom.